The number of rotatable bonds is 5. The zero-order chi connectivity index (χ0) is 21.1. The van der Waals surface area contributed by atoms with Crippen LogP contribution in [0.25, 0.3) is 10.9 Å². The lowest BCUT2D eigenvalue weighted by Gasteiger charge is -2.32. The second kappa shape index (κ2) is 8.69. The lowest BCUT2D eigenvalue weighted by molar-refractivity contribution is -0.125. The third kappa shape index (κ3) is 4.37. The summed E-state index contributed by atoms with van der Waals surface area (Å²) < 4.78 is 5.34. The number of carbonyl (C=O) groups is 1. The molecule has 1 saturated heterocycles. The van der Waals surface area contributed by atoms with Crippen molar-refractivity contribution in [1.29, 1.82) is 0 Å². The molecular formula is C24H28N4O2. The van der Waals surface area contributed by atoms with E-state index in [0.717, 1.165) is 47.3 Å². The molecule has 3 aromatic rings. The van der Waals surface area contributed by atoms with E-state index < -0.39 is 0 Å². The van der Waals surface area contributed by atoms with Crippen molar-refractivity contribution in [2.24, 2.45) is 5.92 Å². The summed E-state index contributed by atoms with van der Waals surface area (Å²) in [5.74, 6) is 1.50. The second-order valence-electron chi connectivity index (χ2n) is 7.98. The van der Waals surface area contributed by atoms with Gasteiger partial charge in [0.05, 0.1) is 24.2 Å². The number of ether oxygens (including phenoxy) is 1. The third-order valence-corrected chi connectivity index (χ3v) is 5.71. The molecule has 0 aliphatic carbocycles. The molecular weight excluding hydrogens is 376 g/mol. The number of piperidine rings is 1. The molecule has 6 heteroatoms. The van der Waals surface area contributed by atoms with Crippen molar-refractivity contribution >= 4 is 22.8 Å². The molecule has 4 rings (SSSR count). The first-order chi connectivity index (χ1) is 14.5. The van der Waals surface area contributed by atoms with Crippen molar-refractivity contribution in [3.05, 3.63) is 59.3 Å². The summed E-state index contributed by atoms with van der Waals surface area (Å²) in [5, 5.41) is 4.12. The molecule has 0 bridgehead atoms. The van der Waals surface area contributed by atoms with Gasteiger partial charge in [-0.25, -0.2) is 9.97 Å². The molecule has 1 amide bonds. The maximum absolute atomic E-state index is 12.8. The Morgan fingerprint density at radius 3 is 2.87 bits per heavy atom. The number of hydrogen-bond acceptors (Lipinski definition) is 5. The monoisotopic (exact) mass is 404 g/mol. The number of aryl methyl sites for hydroxylation is 2. The largest absolute Gasteiger partial charge is 0.497 e. The maximum Gasteiger partial charge on any atom is 0.226 e. The van der Waals surface area contributed by atoms with Gasteiger partial charge in [0.2, 0.25) is 11.9 Å². The Hall–Kier alpha value is -3.15. The summed E-state index contributed by atoms with van der Waals surface area (Å²) in [5.41, 5.74) is 4.12. The van der Waals surface area contributed by atoms with Gasteiger partial charge in [0.25, 0.3) is 0 Å². The minimum Gasteiger partial charge on any atom is -0.497 e. The molecule has 1 fully saturated rings. The summed E-state index contributed by atoms with van der Waals surface area (Å²) in [4.78, 5) is 24.4. The highest BCUT2D eigenvalue weighted by Crippen LogP contribution is 2.26. The molecule has 1 N–H and O–H groups in total. The Balaban J connectivity index is 1.47. The summed E-state index contributed by atoms with van der Waals surface area (Å²) >= 11 is 0. The molecule has 6 nitrogen and oxygen atoms in total. The zero-order valence-electron chi connectivity index (χ0n) is 17.8. The van der Waals surface area contributed by atoms with Gasteiger partial charge in [0.1, 0.15) is 5.75 Å². The van der Waals surface area contributed by atoms with Crippen LogP contribution in [-0.2, 0) is 11.3 Å². The second-order valence-corrected chi connectivity index (χ2v) is 7.98. The van der Waals surface area contributed by atoms with Gasteiger partial charge in [-0.1, -0.05) is 29.8 Å². The predicted molar refractivity (Wildman–Crippen MR) is 119 cm³/mol. The average Bonchev–Trinajstić information content (AvgIpc) is 2.77. The van der Waals surface area contributed by atoms with Crippen molar-refractivity contribution in [2.45, 2.75) is 33.2 Å². The van der Waals surface area contributed by atoms with Gasteiger partial charge in [-0.05, 0) is 44.4 Å². The van der Waals surface area contributed by atoms with Gasteiger partial charge in [0, 0.05) is 31.1 Å². The summed E-state index contributed by atoms with van der Waals surface area (Å²) in [6, 6.07) is 14.1. The molecule has 0 unspecified atom stereocenters. The quantitative estimate of drug-likeness (QED) is 0.701. The summed E-state index contributed by atoms with van der Waals surface area (Å²) in [6.45, 7) is 6.11. The van der Waals surface area contributed by atoms with Crippen LogP contribution in [-0.4, -0.2) is 36.1 Å². The van der Waals surface area contributed by atoms with Gasteiger partial charge < -0.3 is 15.0 Å². The Bertz CT molecular complexity index is 1070. The van der Waals surface area contributed by atoms with Crippen molar-refractivity contribution in [1.82, 2.24) is 15.3 Å². The van der Waals surface area contributed by atoms with E-state index >= 15 is 0 Å². The number of methoxy groups -OCH3 is 1. The first kappa shape index (κ1) is 20.1. The van der Waals surface area contributed by atoms with Crippen LogP contribution in [0.4, 0.5) is 5.95 Å². The fourth-order valence-electron chi connectivity index (χ4n) is 4.05. The van der Waals surface area contributed by atoms with Crippen LogP contribution in [0.5, 0.6) is 5.75 Å². The van der Waals surface area contributed by atoms with Gasteiger partial charge in [0.15, 0.2) is 0 Å². The summed E-state index contributed by atoms with van der Waals surface area (Å²) in [6.07, 6.45) is 1.83. The molecule has 2 heterocycles. The third-order valence-electron chi connectivity index (χ3n) is 5.71. The van der Waals surface area contributed by atoms with Crippen LogP contribution in [0.15, 0.2) is 42.5 Å². The van der Waals surface area contributed by atoms with E-state index in [9.17, 15) is 4.79 Å². The highest BCUT2D eigenvalue weighted by Gasteiger charge is 2.27. The molecule has 0 saturated carbocycles. The number of nitrogens with zero attached hydrogens (tertiary/aromatic N) is 3. The highest BCUT2D eigenvalue weighted by molar-refractivity contribution is 5.83. The lowest BCUT2D eigenvalue weighted by atomic mass is 9.97. The smallest absolute Gasteiger partial charge is 0.226 e. The Kier molecular flexibility index (Phi) is 5.84. The standard InChI is InChI=1S/C24H28N4O2/c1-16-6-4-7-18(12-16)14-25-23(29)19-8-5-11-28(15-19)24-26-17(2)21-10-9-20(30-3)13-22(21)27-24/h4,6-7,9-10,12-13,19H,5,8,11,14-15H2,1-3H3,(H,25,29)/t19-/m1/s1. The number of benzene rings is 2. The SMILES string of the molecule is COc1ccc2c(C)nc(N3CCC[C@@H](C(=O)NCc4cccc(C)c4)C3)nc2c1. The topological polar surface area (TPSA) is 67.3 Å². The first-order valence-corrected chi connectivity index (χ1v) is 10.4. The number of anilines is 1. The first-order valence-electron chi connectivity index (χ1n) is 10.4. The van der Waals surface area contributed by atoms with E-state index in [-0.39, 0.29) is 11.8 Å². The van der Waals surface area contributed by atoms with Crippen LogP contribution in [0.3, 0.4) is 0 Å². The van der Waals surface area contributed by atoms with Crippen molar-refractivity contribution < 1.29 is 9.53 Å². The zero-order valence-corrected chi connectivity index (χ0v) is 17.8. The van der Waals surface area contributed by atoms with E-state index in [4.69, 9.17) is 14.7 Å². The maximum atomic E-state index is 12.8. The fourth-order valence-corrected chi connectivity index (χ4v) is 4.05. The fraction of sp³-hybridized carbons (Fsp3) is 0.375. The van der Waals surface area contributed by atoms with E-state index in [1.54, 1.807) is 7.11 Å². The molecule has 0 radical (unpaired) electrons. The molecule has 0 spiro atoms. The van der Waals surface area contributed by atoms with E-state index in [0.29, 0.717) is 19.0 Å². The van der Waals surface area contributed by atoms with Crippen LogP contribution in [0.1, 0.15) is 29.7 Å². The number of nitrogens with one attached hydrogen (secondary N) is 1. The van der Waals surface area contributed by atoms with Crippen LogP contribution >= 0.6 is 0 Å². The van der Waals surface area contributed by atoms with E-state index in [1.807, 2.05) is 37.3 Å². The summed E-state index contributed by atoms with van der Waals surface area (Å²) in [7, 11) is 1.65. The van der Waals surface area contributed by atoms with Crippen molar-refractivity contribution in [3.63, 3.8) is 0 Å². The normalized spacial score (nSPS) is 16.5. The lowest BCUT2D eigenvalue weighted by Crippen LogP contribution is -2.43. The van der Waals surface area contributed by atoms with Crippen LogP contribution in [0.2, 0.25) is 0 Å². The van der Waals surface area contributed by atoms with Gasteiger partial charge in [-0.3, -0.25) is 4.79 Å². The van der Waals surface area contributed by atoms with Crippen LogP contribution in [0, 0.1) is 19.8 Å². The van der Waals surface area contributed by atoms with Gasteiger partial charge in [-0.2, -0.15) is 0 Å². The number of aromatic nitrogens is 2. The highest BCUT2D eigenvalue weighted by atomic mass is 16.5. The minimum atomic E-state index is -0.0616. The number of fused-ring (bicyclic) bond motifs is 1. The molecule has 1 aliphatic heterocycles. The Labute approximate surface area is 177 Å². The molecule has 1 aliphatic rings. The predicted octanol–water partition coefficient (Wildman–Crippen LogP) is 3.79. The molecule has 1 aromatic heterocycles. The Morgan fingerprint density at radius 2 is 2.07 bits per heavy atom. The number of hydrogen-bond donors (Lipinski definition) is 1. The Morgan fingerprint density at radius 1 is 1.20 bits per heavy atom. The molecule has 2 aromatic carbocycles. The van der Waals surface area contributed by atoms with Crippen molar-refractivity contribution in [2.75, 3.05) is 25.1 Å². The van der Waals surface area contributed by atoms with Gasteiger partial charge in [-0.15, -0.1) is 0 Å². The minimum absolute atomic E-state index is 0.0616. The molecule has 30 heavy (non-hydrogen) atoms. The number of amides is 1. The van der Waals surface area contributed by atoms with Gasteiger partial charge >= 0.3 is 0 Å². The molecule has 156 valence electrons. The number of carbonyl (C=O) groups excluding carboxylic acids is 1. The molecule has 1 atom stereocenters. The van der Waals surface area contributed by atoms with E-state index in [1.165, 1.54) is 5.56 Å². The van der Waals surface area contributed by atoms with Crippen molar-refractivity contribution in [3.8, 4) is 5.75 Å². The van der Waals surface area contributed by atoms with Crippen LogP contribution < -0.4 is 15.0 Å². The van der Waals surface area contributed by atoms with E-state index in [2.05, 4.69) is 29.3 Å². The average molecular weight is 405 g/mol.